The van der Waals surface area contributed by atoms with E-state index in [1.807, 2.05) is 0 Å². The van der Waals surface area contributed by atoms with Crippen LogP contribution in [0.15, 0.2) is 29.5 Å². The lowest BCUT2D eigenvalue weighted by Crippen LogP contribution is -2.35. The zero-order valence-electron chi connectivity index (χ0n) is 14.7. The maximum absolute atomic E-state index is 13.6. The van der Waals surface area contributed by atoms with Crippen molar-refractivity contribution in [2.75, 3.05) is 0 Å². The molecule has 1 aromatic rings. The number of alkyl halides is 3. The highest BCUT2D eigenvalue weighted by molar-refractivity contribution is 6.34. The van der Waals surface area contributed by atoms with Gasteiger partial charge in [0.15, 0.2) is 0 Å². The second-order valence-corrected chi connectivity index (χ2v) is 7.58. The van der Waals surface area contributed by atoms with Crippen LogP contribution in [0.25, 0.3) is 0 Å². The molecule has 4 nitrogen and oxygen atoms in total. The number of halogens is 4. The minimum absolute atomic E-state index is 0.0504. The molecular weight excluding hydrogens is 381 g/mol. The number of allylic oxidation sites excluding steroid dienone is 1. The largest absolute Gasteiger partial charge is 0.398 e. The van der Waals surface area contributed by atoms with Gasteiger partial charge in [-0.25, -0.2) is 0 Å². The van der Waals surface area contributed by atoms with Crippen LogP contribution in [0.1, 0.15) is 54.9 Å². The predicted molar refractivity (Wildman–Crippen MR) is 96.2 cm³/mol. The van der Waals surface area contributed by atoms with Crippen LogP contribution < -0.4 is 5.32 Å². The van der Waals surface area contributed by atoms with Crippen molar-refractivity contribution in [1.82, 2.24) is 5.32 Å². The molecule has 1 saturated carbocycles. The van der Waals surface area contributed by atoms with Crippen molar-refractivity contribution in [3.05, 3.63) is 45.6 Å². The molecule has 146 valence electrons. The monoisotopic (exact) mass is 400 g/mol. The van der Waals surface area contributed by atoms with Crippen LogP contribution in [0.4, 0.5) is 13.2 Å². The summed E-state index contributed by atoms with van der Waals surface area (Å²) in [6.45, 7) is 1.57. The minimum Gasteiger partial charge on any atom is -0.393 e. The van der Waals surface area contributed by atoms with E-state index in [9.17, 15) is 23.1 Å². The molecule has 1 fully saturated rings. The zero-order chi connectivity index (χ0) is 20.0. The quantitative estimate of drug-likeness (QED) is 0.651. The lowest BCUT2D eigenvalue weighted by molar-refractivity contribution is -0.160. The first-order valence-corrected chi connectivity index (χ1v) is 9.07. The van der Waals surface area contributed by atoms with E-state index in [1.165, 1.54) is 18.2 Å². The van der Waals surface area contributed by atoms with Gasteiger partial charge in [-0.1, -0.05) is 23.7 Å². The highest BCUT2D eigenvalue weighted by Gasteiger charge is 2.65. The van der Waals surface area contributed by atoms with Crippen molar-refractivity contribution in [2.24, 2.45) is 0 Å². The van der Waals surface area contributed by atoms with Crippen LogP contribution in [0.3, 0.4) is 0 Å². The number of carbonyl (C=O) groups is 1. The third-order valence-electron chi connectivity index (χ3n) is 5.30. The highest BCUT2D eigenvalue weighted by Crippen LogP contribution is 2.60. The Balaban J connectivity index is 2.00. The molecule has 3 rings (SSSR count). The maximum Gasteiger partial charge on any atom is 0.398 e. The van der Waals surface area contributed by atoms with E-state index in [-0.39, 0.29) is 41.1 Å². The van der Waals surface area contributed by atoms with Gasteiger partial charge < -0.3 is 15.8 Å². The molecule has 2 aliphatic carbocycles. The zero-order valence-corrected chi connectivity index (χ0v) is 15.5. The molecule has 0 aromatic heterocycles. The minimum atomic E-state index is -4.47. The van der Waals surface area contributed by atoms with Gasteiger partial charge in [0.05, 0.1) is 22.1 Å². The molecule has 1 aromatic carbocycles. The molecule has 2 aliphatic rings. The second kappa shape index (κ2) is 6.95. The molecular formula is C19H20ClF3N2O2. The van der Waals surface area contributed by atoms with E-state index >= 15 is 0 Å². The van der Waals surface area contributed by atoms with Crippen molar-refractivity contribution in [3.8, 4) is 0 Å². The lowest BCUT2D eigenvalue weighted by Gasteiger charge is -2.26. The standard InChI is InChI=1S/C19H20ClF3N2O2/c1-10(24)12-6-5-11(26)9-15(12)25-17(27)16-13(3-2-4-14(16)20)18(7-8-18)19(21,22)23/h2-4,11,24,26H,5-9H2,1H3,(H,25,27). The summed E-state index contributed by atoms with van der Waals surface area (Å²) in [5, 5.41) is 20.3. The Labute approximate surface area is 159 Å². The normalized spacial score (nSPS) is 21.8. The molecule has 0 radical (unpaired) electrons. The summed E-state index contributed by atoms with van der Waals surface area (Å²) >= 11 is 6.12. The van der Waals surface area contributed by atoms with E-state index < -0.39 is 23.6 Å². The number of rotatable bonds is 4. The summed E-state index contributed by atoms with van der Waals surface area (Å²) in [6.07, 6.45) is -4.26. The van der Waals surface area contributed by atoms with E-state index in [0.29, 0.717) is 24.1 Å². The summed E-state index contributed by atoms with van der Waals surface area (Å²) in [4.78, 5) is 12.9. The lowest BCUT2D eigenvalue weighted by atomic mass is 9.89. The summed E-state index contributed by atoms with van der Waals surface area (Å²) < 4.78 is 40.8. The van der Waals surface area contributed by atoms with Gasteiger partial charge in [0.25, 0.3) is 5.91 Å². The Kier molecular flexibility index (Phi) is 5.12. The summed E-state index contributed by atoms with van der Waals surface area (Å²) in [5.41, 5.74) is -1.13. The molecule has 1 unspecified atom stereocenters. The Morgan fingerprint density at radius 3 is 2.59 bits per heavy atom. The molecule has 8 heteroatoms. The maximum atomic E-state index is 13.6. The van der Waals surface area contributed by atoms with Crippen LogP contribution in [-0.4, -0.2) is 29.0 Å². The van der Waals surface area contributed by atoms with Gasteiger partial charge in [0.2, 0.25) is 0 Å². The van der Waals surface area contributed by atoms with Crippen LogP contribution in [0.2, 0.25) is 5.02 Å². The Hall–Kier alpha value is -1.86. The summed E-state index contributed by atoms with van der Waals surface area (Å²) in [5.74, 6) is -0.742. The average molecular weight is 401 g/mol. The first-order valence-electron chi connectivity index (χ1n) is 8.69. The Bertz CT molecular complexity index is 829. The van der Waals surface area contributed by atoms with Crippen molar-refractivity contribution in [3.63, 3.8) is 0 Å². The highest BCUT2D eigenvalue weighted by atomic mass is 35.5. The number of hydrogen-bond acceptors (Lipinski definition) is 3. The third-order valence-corrected chi connectivity index (χ3v) is 5.61. The van der Waals surface area contributed by atoms with Crippen LogP contribution in [0.5, 0.6) is 0 Å². The molecule has 1 amide bonds. The van der Waals surface area contributed by atoms with Gasteiger partial charge in [-0.15, -0.1) is 0 Å². The fourth-order valence-electron chi connectivity index (χ4n) is 3.65. The Morgan fingerprint density at radius 2 is 2.04 bits per heavy atom. The molecule has 0 spiro atoms. The molecule has 0 heterocycles. The molecule has 27 heavy (non-hydrogen) atoms. The molecule has 0 bridgehead atoms. The van der Waals surface area contributed by atoms with E-state index in [0.717, 1.165) is 0 Å². The van der Waals surface area contributed by atoms with Gasteiger partial charge in [-0.3, -0.25) is 4.79 Å². The number of carbonyl (C=O) groups excluding carboxylic acids is 1. The summed E-state index contributed by atoms with van der Waals surface area (Å²) in [6, 6.07) is 4.10. The van der Waals surface area contributed by atoms with Gasteiger partial charge in [-0.05, 0) is 49.8 Å². The average Bonchev–Trinajstić information content (AvgIpc) is 3.35. The SMILES string of the molecule is CC(=N)C1=C(NC(=O)c2c(Cl)cccc2C2(C(F)(F)F)CC2)CC(O)CC1. The first kappa shape index (κ1) is 19.9. The van der Waals surface area contributed by atoms with Crippen LogP contribution in [-0.2, 0) is 5.41 Å². The third kappa shape index (κ3) is 3.62. The van der Waals surface area contributed by atoms with E-state index in [1.54, 1.807) is 6.92 Å². The van der Waals surface area contributed by atoms with E-state index in [4.69, 9.17) is 17.0 Å². The summed E-state index contributed by atoms with van der Waals surface area (Å²) in [7, 11) is 0. The fraction of sp³-hybridized carbons (Fsp3) is 0.474. The van der Waals surface area contributed by atoms with Gasteiger partial charge in [0, 0.05) is 17.8 Å². The topological polar surface area (TPSA) is 73.2 Å². The molecule has 1 atom stereocenters. The van der Waals surface area contributed by atoms with Gasteiger partial charge in [0.1, 0.15) is 0 Å². The first-order chi connectivity index (χ1) is 12.6. The van der Waals surface area contributed by atoms with Crippen LogP contribution in [0, 0.1) is 5.41 Å². The second-order valence-electron chi connectivity index (χ2n) is 7.18. The number of nitrogens with one attached hydrogen (secondary N) is 2. The van der Waals surface area contributed by atoms with Crippen LogP contribution >= 0.6 is 11.6 Å². The van der Waals surface area contributed by atoms with Crippen molar-refractivity contribution < 1.29 is 23.1 Å². The molecule has 0 aliphatic heterocycles. The number of aliphatic hydroxyl groups excluding tert-OH is 1. The van der Waals surface area contributed by atoms with E-state index in [2.05, 4.69) is 5.32 Å². The number of hydrogen-bond donors (Lipinski definition) is 3. The van der Waals surface area contributed by atoms with Gasteiger partial charge in [-0.2, -0.15) is 13.2 Å². The van der Waals surface area contributed by atoms with Crippen molar-refractivity contribution in [2.45, 2.75) is 56.7 Å². The van der Waals surface area contributed by atoms with Gasteiger partial charge >= 0.3 is 6.18 Å². The fourth-order valence-corrected chi connectivity index (χ4v) is 3.91. The van der Waals surface area contributed by atoms with Crippen molar-refractivity contribution >= 4 is 23.2 Å². The number of amides is 1. The molecule has 3 N–H and O–H groups in total. The van der Waals surface area contributed by atoms with Crippen molar-refractivity contribution in [1.29, 1.82) is 5.41 Å². The Morgan fingerprint density at radius 1 is 1.37 bits per heavy atom. The molecule has 0 saturated heterocycles. The number of benzene rings is 1. The number of aliphatic hydroxyl groups is 1. The predicted octanol–water partition coefficient (Wildman–Crippen LogP) is 4.50. The smallest absolute Gasteiger partial charge is 0.393 e.